The number of methoxy groups -OCH3 is 3. The van der Waals surface area contributed by atoms with E-state index < -0.39 is 12.1 Å². The number of fused-ring (bicyclic) bond motifs is 5. The van der Waals surface area contributed by atoms with E-state index in [1.54, 1.807) is 24.1 Å². The number of amides is 1. The summed E-state index contributed by atoms with van der Waals surface area (Å²) in [5.74, 6) is 2.19. The van der Waals surface area contributed by atoms with E-state index in [1.807, 2.05) is 6.07 Å². The van der Waals surface area contributed by atoms with Gasteiger partial charge in [0.05, 0.1) is 32.9 Å². The van der Waals surface area contributed by atoms with Crippen LogP contribution >= 0.6 is 0 Å². The highest BCUT2D eigenvalue weighted by molar-refractivity contribution is 6.01. The van der Waals surface area contributed by atoms with E-state index in [1.165, 1.54) is 14.2 Å². The molecule has 3 aliphatic rings. The van der Waals surface area contributed by atoms with E-state index in [9.17, 15) is 9.90 Å². The molecule has 3 heterocycles. The molecule has 0 saturated heterocycles. The fourth-order valence-corrected chi connectivity index (χ4v) is 4.63. The fraction of sp³-hybridized carbons (Fsp3) is 0.381. The average molecular weight is 399 g/mol. The monoisotopic (exact) mass is 399 g/mol. The molecule has 2 aromatic carbocycles. The highest BCUT2D eigenvalue weighted by atomic mass is 16.7. The molecule has 5 rings (SSSR count). The number of carbonyl (C=O) groups is 1. The van der Waals surface area contributed by atoms with Gasteiger partial charge in [-0.2, -0.15) is 0 Å². The molecule has 2 aromatic rings. The predicted octanol–water partition coefficient (Wildman–Crippen LogP) is 2.23. The lowest BCUT2D eigenvalue weighted by atomic mass is 9.80. The van der Waals surface area contributed by atoms with Crippen molar-refractivity contribution in [3.05, 3.63) is 40.5 Å². The quantitative estimate of drug-likeness (QED) is 0.847. The summed E-state index contributed by atoms with van der Waals surface area (Å²) >= 11 is 0. The second-order valence-electron chi connectivity index (χ2n) is 7.12. The smallest absolute Gasteiger partial charge is 0.258 e. The zero-order valence-corrected chi connectivity index (χ0v) is 16.4. The maximum atomic E-state index is 13.5. The Morgan fingerprint density at radius 3 is 2.62 bits per heavy atom. The molecular formula is C21H21NO7. The minimum absolute atomic E-state index is 0.115. The van der Waals surface area contributed by atoms with Gasteiger partial charge in [-0.05, 0) is 29.7 Å². The van der Waals surface area contributed by atoms with Crippen molar-refractivity contribution in [2.45, 2.75) is 18.6 Å². The lowest BCUT2D eigenvalue weighted by molar-refractivity contribution is 0.0199. The van der Waals surface area contributed by atoms with Gasteiger partial charge in [-0.15, -0.1) is 0 Å². The van der Waals surface area contributed by atoms with Crippen LogP contribution in [0.4, 0.5) is 0 Å². The Kier molecular flexibility index (Phi) is 3.99. The number of nitrogens with zero attached hydrogens (tertiary/aromatic N) is 1. The van der Waals surface area contributed by atoms with E-state index in [4.69, 9.17) is 23.7 Å². The lowest BCUT2D eigenvalue weighted by Crippen LogP contribution is -2.46. The SMILES string of the molecule is COc1ccc2c(c1OC)C(=O)N1CCc3cc4c(c(OC)c3[C@@H]1[C@H]2O)OCO4. The number of carbonyl (C=O) groups excluding carboxylic acids is 1. The molecule has 0 unspecified atom stereocenters. The van der Waals surface area contributed by atoms with Gasteiger partial charge in [0.2, 0.25) is 12.5 Å². The van der Waals surface area contributed by atoms with Crippen LogP contribution in [0.3, 0.4) is 0 Å². The van der Waals surface area contributed by atoms with E-state index in [2.05, 4.69) is 0 Å². The third kappa shape index (κ3) is 2.32. The number of hydrogen-bond donors (Lipinski definition) is 1. The predicted molar refractivity (Wildman–Crippen MR) is 101 cm³/mol. The summed E-state index contributed by atoms with van der Waals surface area (Å²) in [5.41, 5.74) is 2.56. The summed E-state index contributed by atoms with van der Waals surface area (Å²) in [6.45, 7) is 0.570. The Labute approximate surface area is 167 Å². The van der Waals surface area contributed by atoms with Gasteiger partial charge in [0, 0.05) is 12.1 Å². The summed E-state index contributed by atoms with van der Waals surface area (Å²) in [4.78, 5) is 15.1. The second-order valence-corrected chi connectivity index (χ2v) is 7.12. The summed E-state index contributed by atoms with van der Waals surface area (Å²) < 4.78 is 27.6. The Morgan fingerprint density at radius 1 is 1.10 bits per heavy atom. The first-order chi connectivity index (χ1) is 14.1. The molecule has 2 atom stereocenters. The van der Waals surface area contributed by atoms with Crippen molar-refractivity contribution in [2.75, 3.05) is 34.7 Å². The molecule has 152 valence electrons. The number of hydrogen-bond acceptors (Lipinski definition) is 7. The second kappa shape index (κ2) is 6.45. The van der Waals surface area contributed by atoms with Crippen LogP contribution in [0.1, 0.15) is 39.2 Å². The largest absolute Gasteiger partial charge is 0.493 e. The summed E-state index contributed by atoms with van der Waals surface area (Å²) in [7, 11) is 4.55. The molecule has 8 nitrogen and oxygen atoms in total. The van der Waals surface area contributed by atoms with Gasteiger partial charge in [0.15, 0.2) is 23.0 Å². The zero-order valence-electron chi connectivity index (χ0n) is 16.4. The standard InChI is InChI=1S/C21H21NO7/c1-25-12-5-4-11-15(18(12)26-2)21(24)22-7-6-10-8-13-19(29-9-28-13)20(27-3)14(10)16(22)17(11)23/h4-5,8,16-17,23H,6-7,9H2,1-3H3/t16-,17+/m1/s1. The maximum absolute atomic E-state index is 13.5. The Balaban J connectivity index is 1.72. The molecule has 0 spiro atoms. The fourth-order valence-electron chi connectivity index (χ4n) is 4.63. The van der Waals surface area contributed by atoms with Crippen molar-refractivity contribution in [1.82, 2.24) is 4.90 Å². The maximum Gasteiger partial charge on any atom is 0.258 e. The van der Waals surface area contributed by atoms with Crippen molar-refractivity contribution in [3.63, 3.8) is 0 Å². The van der Waals surface area contributed by atoms with Gasteiger partial charge in [0.1, 0.15) is 6.10 Å². The summed E-state index contributed by atoms with van der Waals surface area (Å²) in [6.07, 6.45) is -0.352. The molecule has 1 amide bonds. The molecular weight excluding hydrogens is 378 g/mol. The normalized spacial score (nSPS) is 21.2. The lowest BCUT2D eigenvalue weighted by Gasteiger charge is -2.44. The first-order valence-electron chi connectivity index (χ1n) is 9.34. The van der Waals surface area contributed by atoms with Crippen LogP contribution in [0, 0.1) is 0 Å². The molecule has 0 saturated carbocycles. The van der Waals surface area contributed by atoms with Gasteiger partial charge < -0.3 is 33.7 Å². The van der Waals surface area contributed by atoms with E-state index in [0.29, 0.717) is 52.8 Å². The van der Waals surface area contributed by atoms with Gasteiger partial charge in [-0.3, -0.25) is 4.79 Å². The number of ether oxygens (including phenoxy) is 5. The van der Waals surface area contributed by atoms with E-state index in [-0.39, 0.29) is 12.7 Å². The molecule has 0 aliphatic carbocycles. The highest BCUT2D eigenvalue weighted by Crippen LogP contribution is 2.55. The first-order valence-corrected chi connectivity index (χ1v) is 9.34. The highest BCUT2D eigenvalue weighted by Gasteiger charge is 2.47. The van der Waals surface area contributed by atoms with Crippen LogP contribution in [0.5, 0.6) is 28.7 Å². The van der Waals surface area contributed by atoms with Crippen LogP contribution in [-0.2, 0) is 6.42 Å². The van der Waals surface area contributed by atoms with Gasteiger partial charge in [-0.25, -0.2) is 0 Å². The third-order valence-corrected chi connectivity index (χ3v) is 5.87. The number of benzene rings is 2. The van der Waals surface area contributed by atoms with Crippen molar-refractivity contribution in [1.29, 1.82) is 0 Å². The minimum atomic E-state index is -0.962. The molecule has 29 heavy (non-hydrogen) atoms. The van der Waals surface area contributed by atoms with Crippen LogP contribution < -0.4 is 23.7 Å². The van der Waals surface area contributed by atoms with Crippen LogP contribution in [0.15, 0.2) is 18.2 Å². The van der Waals surface area contributed by atoms with Crippen LogP contribution in [0.25, 0.3) is 0 Å². The van der Waals surface area contributed by atoms with E-state index in [0.717, 1.165) is 11.1 Å². The third-order valence-electron chi connectivity index (χ3n) is 5.87. The minimum Gasteiger partial charge on any atom is -0.493 e. The summed E-state index contributed by atoms with van der Waals surface area (Å²) in [6, 6.07) is 4.73. The Hall–Kier alpha value is -3.13. The molecule has 1 N–H and O–H groups in total. The van der Waals surface area contributed by atoms with Gasteiger partial charge >= 0.3 is 0 Å². The van der Waals surface area contributed by atoms with Gasteiger partial charge in [0.25, 0.3) is 5.91 Å². The van der Waals surface area contributed by atoms with Crippen molar-refractivity contribution >= 4 is 5.91 Å². The summed E-state index contributed by atoms with van der Waals surface area (Å²) in [5, 5.41) is 11.4. The van der Waals surface area contributed by atoms with Crippen molar-refractivity contribution in [3.8, 4) is 28.7 Å². The van der Waals surface area contributed by atoms with E-state index >= 15 is 0 Å². The molecule has 0 radical (unpaired) electrons. The Morgan fingerprint density at radius 2 is 1.90 bits per heavy atom. The number of rotatable bonds is 3. The number of aliphatic hydroxyl groups is 1. The molecule has 0 bridgehead atoms. The molecule has 8 heteroatoms. The van der Waals surface area contributed by atoms with Crippen LogP contribution in [0.2, 0.25) is 0 Å². The number of aliphatic hydroxyl groups excluding tert-OH is 1. The molecule has 3 aliphatic heterocycles. The zero-order chi connectivity index (χ0) is 20.3. The first kappa shape index (κ1) is 17.9. The van der Waals surface area contributed by atoms with Gasteiger partial charge in [-0.1, -0.05) is 6.07 Å². The average Bonchev–Trinajstić information content (AvgIpc) is 3.22. The Bertz CT molecular complexity index is 1020. The molecule has 0 aromatic heterocycles. The topological polar surface area (TPSA) is 86.7 Å². The molecule has 0 fully saturated rings. The van der Waals surface area contributed by atoms with Crippen molar-refractivity contribution < 1.29 is 33.6 Å². The van der Waals surface area contributed by atoms with Crippen LogP contribution in [-0.4, -0.2) is 50.6 Å². The van der Waals surface area contributed by atoms with Crippen molar-refractivity contribution in [2.24, 2.45) is 0 Å².